The van der Waals surface area contributed by atoms with Gasteiger partial charge in [0.1, 0.15) is 0 Å². The standard InChI is InChI=1S/C13H17NO6S2/c1-20-13(15)11-2-4-12(5-3-11)22(18,19)14-8-10-6-7-21(16,17)9-10/h2-5,10,14H,6-9H2,1H3/t10-/m1/s1. The first-order valence-electron chi connectivity index (χ1n) is 6.62. The molecule has 1 aromatic carbocycles. The SMILES string of the molecule is COC(=O)c1ccc(S(=O)(=O)NC[C@H]2CCS(=O)(=O)C2)cc1. The Bertz CT molecular complexity index is 752. The van der Waals surface area contributed by atoms with Crippen LogP contribution in [0, 0.1) is 5.92 Å². The molecule has 22 heavy (non-hydrogen) atoms. The number of esters is 1. The number of hydrogen-bond donors (Lipinski definition) is 1. The van der Waals surface area contributed by atoms with Crippen LogP contribution in [0.3, 0.4) is 0 Å². The highest BCUT2D eigenvalue weighted by Crippen LogP contribution is 2.18. The molecule has 0 aromatic heterocycles. The number of carbonyl (C=O) groups excluding carboxylic acids is 1. The first-order valence-corrected chi connectivity index (χ1v) is 9.92. The Morgan fingerprint density at radius 3 is 2.45 bits per heavy atom. The minimum atomic E-state index is -3.73. The van der Waals surface area contributed by atoms with Gasteiger partial charge in [-0.3, -0.25) is 0 Å². The summed E-state index contributed by atoms with van der Waals surface area (Å²) in [6.07, 6.45) is 0.464. The number of rotatable bonds is 5. The number of nitrogens with one attached hydrogen (secondary N) is 1. The Labute approximate surface area is 129 Å². The first kappa shape index (κ1) is 16.9. The van der Waals surface area contributed by atoms with Gasteiger partial charge in [-0.15, -0.1) is 0 Å². The molecule has 1 saturated heterocycles. The molecule has 1 aliphatic rings. The summed E-state index contributed by atoms with van der Waals surface area (Å²) in [5.74, 6) is -0.633. The summed E-state index contributed by atoms with van der Waals surface area (Å²) in [5, 5.41) is 0. The summed E-state index contributed by atoms with van der Waals surface area (Å²) >= 11 is 0. The van der Waals surface area contributed by atoms with Crippen LogP contribution >= 0.6 is 0 Å². The van der Waals surface area contributed by atoms with Gasteiger partial charge in [-0.05, 0) is 36.6 Å². The van der Waals surface area contributed by atoms with Crippen LogP contribution in [0.2, 0.25) is 0 Å². The van der Waals surface area contributed by atoms with Crippen LogP contribution < -0.4 is 4.72 Å². The van der Waals surface area contributed by atoms with Crippen LogP contribution in [-0.4, -0.2) is 48.0 Å². The van der Waals surface area contributed by atoms with Gasteiger partial charge in [0.2, 0.25) is 10.0 Å². The van der Waals surface area contributed by atoms with Crippen molar-refractivity contribution in [2.75, 3.05) is 25.2 Å². The van der Waals surface area contributed by atoms with E-state index in [-0.39, 0.29) is 34.4 Å². The van der Waals surface area contributed by atoms with Crippen molar-refractivity contribution in [3.05, 3.63) is 29.8 Å². The highest BCUT2D eigenvalue weighted by Gasteiger charge is 2.29. The Morgan fingerprint density at radius 2 is 1.95 bits per heavy atom. The van der Waals surface area contributed by atoms with Crippen LogP contribution in [-0.2, 0) is 24.6 Å². The van der Waals surface area contributed by atoms with Crippen molar-refractivity contribution in [2.24, 2.45) is 5.92 Å². The van der Waals surface area contributed by atoms with Crippen molar-refractivity contribution in [3.63, 3.8) is 0 Å². The van der Waals surface area contributed by atoms with Crippen LogP contribution in [0.4, 0.5) is 0 Å². The van der Waals surface area contributed by atoms with Crippen LogP contribution in [0.25, 0.3) is 0 Å². The zero-order valence-electron chi connectivity index (χ0n) is 12.0. The fourth-order valence-electron chi connectivity index (χ4n) is 2.23. The van der Waals surface area contributed by atoms with Crippen molar-refractivity contribution < 1.29 is 26.4 Å². The second-order valence-corrected chi connectivity index (χ2v) is 9.13. The van der Waals surface area contributed by atoms with E-state index in [1.54, 1.807) is 0 Å². The quantitative estimate of drug-likeness (QED) is 0.762. The van der Waals surface area contributed by atoms with Gasteiger partial charge >= 0.3 is 5.97 Å². The molecule has 2 rings (SSSR count). The second-order valence-electron chi connectivity index (χ2n) is 5.14. The van der Waals surface area contributed by atoms with Gasteiger partial charge in [-0.1, -0.05) is 0 Å². The Morgan fingerprint density at radius 1 is 1.32 bits per heavy atom. The summed E-state index contributed by atoms with van der Waals surface area (Å²) in [4.78, 5) is 11.3. The van der Waals surface area contributed by atoms with E-state index in [0.717, 1.165) is 0 Å². The maximum Gasteiger partial charge on any atom is 0.337 e. The molecule has 0 aliphatic carbocycles. The fraction of sp³-hybridized carbons (Fsp3) is 0.462. The molecule has 0 saturated carbocycles. The van der Waals surface area contributed by atoms with Crippen LogP contribution in [0.5, 0.6) is 0 Å². The lowest BCUT2D eigenvalue weighted by Crippen LogP contribution is -2.30. The molecule has 7 nitrogen and oxygen atoms in total. The molecule has 0 unspecified atom stereocenters. The monoisotopic (exact) mass is 347 g/mol. The fourth-order valence-corrected chi connectivity index (χ4v) is 5.21. The van der Waals surface area contributed by atoms with E-state index in [1.807, 2.05) is 0 Å². The molecular weight excluding hydrogens is 330 g/mol. The Hall–Kier alpha value is -1.45. The third kappa shape index (κ3) is 4.05. The number of hydrogen-bond acceptors (Lipinski definition) is 6. The third-order valence-corrected chi connectivity index (χ3v) is 6.75. The predicted octanol–water partition coefficient (Wildman–Crippen LogP) is 0.186. The molecule has 1 N–H and O–H groups in total. The normalized spacial score (nSPS) is 20.7. The van der Waals surface area contributed by atoms with Crippen molar-refractivity contribution in [2.45, 2.75) is 11.3 Å². The average Bonchev–Trinajstić information content (AvgIpc) is 2.84. The second kappa shape index (κ2) is 6.35. The average molecular weight is 347 g/mol. The topological polar surface area (TPSA) is 107 Å². The molecule has 1 aliphatic heterocycles. The van der Waals surface area contributed by atoms with Gasteiger partial charge in [0.25, 0.3) is 0 Å². The predicted molar refractivity (Wildman–Crippen MR) is 79.7 cm³/mol. The highest BCUT2D eigenvalue weighted by atomic mass is 32.2. The molecule has 0 spiro atoms. The summed E-state index contributed by atoms with van der Waals surface area (Å²) in [6.45, 7) is 0.0836. The van der Waals surface area contributed by atoms with Gasteiger partial charge < -0.3 is 4.74 Å². The summed E-state index contributed by atoms with van der Waals surface area (Å²) in [7, 11) is -5.52. The van der Waals surface area contributed by atoms with Gasteiger partial charge in [0, 0.05) is 6.54 Å². The molecule has 122 valence electrons. The van der Waals surface area contributed by atoms with Gasteiger partial charge in [-0.2, -0.15) is 0 Å². The van der Waals surface area contributed by atoms with Gasteiger partial charge in [0.05, 0.1) is 29.1 Å². The molecule has 0 bridgehead atoms. The minimum Gasteiger partial charge on any atom is -0.465 e. The van der Waals surface area contributed by atoms with E-state index in [4.69, 9.17) is 0 Å². The Kier molecular flexibility index (Phi) is 4.88. The van der Waals surface area contributed by atoms with Crippen molar-refractivity contribution in [1.29, 1.82) is 0 Å². The third-order valence-electron chi connectivity index (χ3n) is 3.47. The van der Waals surface area contributed by atoms with Crippen LogP contribution in [0.15, 0.2) is 29.2 Å². The lowest BCUT2D eigenvalue weighted by molar-refractivity contribution is 0.0600. The maximum atomic E-state index is 12.1. The summed E-state index contributed by atoms with van der Waals surface area (Å²) < 4.78 is 53.9. The Balaban J connectivity index is 2.03. The first-order chi connectivity index (χ1) is 10.2. The number of sulfone groups is 1. The zero-order chi connectivity index (χ0) is 16.4. The molecular formula is C13H17NO6S2. The van der Waals surface area contributed by atoms with Crippen molar-refractivity contribution in [1.82, 2.24) is 4.72 Å². The molecule has 0 amide bonds. The molecule has 0 radical (unpaired) electrons. The highest BCUT2D eigenvalue weighted by molar-refractivity contribution is 7.91. The van der Waals surface area contributed by atoms with E-state index in [2.05, 4.69) is 9.46 Å². The van der Waals surface area contributed by atoms with E-state index in [0.29, 0.717) is 6.42 Å². The molecule has 1 aromatic rings. The van der Waals surface area contributed by atoms with Gasteiger partial charge in [-0.25, -0.2) is 26.4 Å². The lowest BCUT2D eigenvalue weighted by atomic mass is 10.1. The largest absolute Gasteiger partial charge is 0.465 e. The lowest BCUT2D eigenvalue weighted by Gasteiger charge is -2.10. The molecule has 1 heterocycles. The number of ether oxygens (including phenoxy) is 1. The van der Waals surface area contributed by atoms with E-state index in [1.165, 1.54) is 31.4 Å². The van der Waals surface area contributed by atoms with E-state index >= 15 is 0 Å². The zero-order valence-corrected chi connectivity index (χ0v) is 13.6. The number of methoxy groups -OCH3 is 1. The van der Waals surface area contributed by atoms with Crippen LogP contribution in [0.1, 0.15) is 16.8 Å². The van der Waals surface area contributed by atoms with E-state index in [9.17, 15) is 21.6 Å². The summed E-state index contributed by atoms with van der Waals surface area (Å²) in [6, 6.07) is 5.33. The molecule has 1 atom stereocenters. The molecule has 9 heteroatoms. The van der Waals surface area contributed by atoms with Crippen molar-refractivity contribution in [3.8, 4) is 0 Å². The van der Waals surface area contributed by atoms with E-state index < -0.39 is 25.8 Å². The molecule has 1 fully saturated rings. The minimum absolute atomic E-state index is 0.0107. The van der Waals surface area contributed by atoms with Gasteiger partial charge in [0.15, 0.2) is 9.84 Å². The smallest absolute Gasteiger partial charge is 0.337 e. The maximum absolute atomic E-state index is 12.1. The summed E-state index contributed by atoms with van der Waals surface area (Å²) in [5.41, 5.74) is 0.253. The number of benzene rings is 1. The number of carbonyl (C=O) groups is 1. The van der Waals surface area contributed by atoms with Crippen molar-refractivity contribution >= 4 is 25.8 Å². The number of sulfonamides is 1.